The maximum Gasteiger partial charge on any atom is 0.128 e. The normalized spacial score (nSPS) is 20.4. The topological polar surface area (TPSA) is 37.4 Å². The Bertz CT molecular complexity index is 456. The molecule has 0 atom stereocenters. The van der Waals surface area contributed by atoms with Crippen LogP contribution in [-0.4, -0.2) is 37.3 Å². The molecule has 110 valence electrons. The molecule has 2 heterocycles. The third-order valence-corrected chi connectivity index (χ3v) is 4.52. The first-order valence-electron chi connectivity index (χ1n) is 7.42. The van der Waals surface area contributed by atoms with Gasteiger partial charge in [0.15, 0.2) is 0 Å². The number of piperidine rings is 1. The quantitative estimate of drug-likeness (QED) is 0.906. The Labute approximate surface area is 125 Å². The minimum atomic E-state index is 0.398. The molecule has 0 spiro atoms. The number of pyridine rings is 1. The molecule has 4 nitrogen and oxygen atoms in total. The van der Waals surface area contributed by atoms with Gasteiger partial charge in [0.2, 0.25) is 0 Å². The second kappa shape index (κ2) is 6.29. The van der Waals surface area contributed by atoms with E-state index in [0.717, 1.165) is 48.9 Å². The van der Waals surface area contributed by atoms with Gasteiger partial charge in [-0.3, -0.25) is 0 Å². The van der Waals surface area contributed by atoms with Crippen LogP contribution in [0.15, 0.2) is 12.3 Å². The molecule has 2 aliphatic rings. The molecule has 20 heavy (non-hydrogen) atoms. The van der Waals surface area contributed by atoms with Gasteiger partial charge in [-0.25, -0.2) is 4.98 Å². The molecule has 0 bridgehead atoms. The van der Waals surface area contributed by atoms with Crippen molar-refractivity contribution >= 4 is 17.4 Å². The molecule has 0 unspecified atom stereocenters. The molecule has 1 aliphatic carbocycles. The molecule has 0 radical (unpaired) electrons. The summed E-state index contributed by atoms with van der Waals surface area (Å²) in [7, 11) is 1.79. The minimum Gasteiger partial charge on any atom is -0.381 e. The van der Waals surface area contributed by atoms with E-state index in [9.17, 15) is 0 Å². The van der Waals surface area contributed by atoms with Crippen LogP contribution in [0.1, 0.15) is 31.2 Å². The molecule has 1 aromatic heterocycles. The number of hydrogen-bond acceptors (Lipinski definition) is 4. The third kappa shape index (κ3) is 3.43. The van der Waals surface area contributed by atoms with E-state index in [1.807, 2.05) is 0 Å². The summed E-state index contributed by atoms with van der Waals surface area (Å²) in [6, 6.07) is 2.82. The number of methoxy groups -OCH3 is 1. The smallest absolute Gasteiger partial charge is 0.128 e. The zero-order valence-electron chi connectivity index (χ0n) is 11.9. The largest absolute Gasteiger partial charge is 0.381 e. The van der Waals surface area contributed by atoms with E-state index in [1.165, 1.54) is 12.8 Å². The fraction of sp³-hybridized carbons (Fsp3) is 0.667. The van der Waals surface area contributed by atoms with Crippen molar-refractivity contribution in [3.63, 3.8) is 0 Å². The van der Waals surface area contributed by atoms with E-state index in [-0.39, 0.29) is 0 Å². The Hall–Kier alpha value is -0.840. The minimum absolute atomic E-state index is 0.398. The molecular formula is C15H22ClN3O. The predicted molar refractivity (Wildman–Crippen MR) is 81.4 cm³/mol. The predicted octanol–water partition coefficient (Wildman–Crippen LogP) is 2.60. The lowest BCUT2D eigenvalue weighted by molar-refractivity contribution is 0.0818. The number of hydrogen-bond donors (Lipinski definition) is 1. The summed E-state index contributed by atoms with van der Waals surface area (Å²) in [5.41, 5.74) is 1.15. The van der Waals surface area contributed by atoms with Gasteiger partial charge in [0, 0.05) is 39.0 Å². The molecular weight excluding hydrogens is 274 g/mol. The molecule has 1 aliphatic heterocycles. The van der Waals surface area contributed by atoms with Gasteiger partial charge >= 0.3 is 0 Å². The molecule has 0 aromatic carbocycles. The highest BCUT2D eigenvalue weighted by atomic mass is 35.5. The first-order valence-corrected chi connectivity index (χ1v) is 7.79. The van der Waals surface area contributed by atoms with Gasteiger partial charge < -0.3 is 15.0 Å². The number of anilines is 1. The van der Waals surface area contributed by atoms with Gasteiger partial charge in [-0.05, 0) is 37.3 Å². The summed E-state index contributed by atoms with van der Waals surface area (Å²) in [5.74, 6) is 1.04. The maximum absolute atomic E-state index is 6.24. The van der Waals surface area contributed by atoms with Crippen LogP contribution in [0.2, 0.25) is 5.02 Å². The third-order valence-electron chi connectivity index (χ3n) is 4.18. The summed E-state index contributed by atoms with van der Waals surface area (Å²) in [6.07, 6.45) is 6.89. The van der Waals surface area contributed by atoms with E-state index >= 15 is 0 Å². The van der Waals surface area contributed by atoms with E-state index in [4.69, 9.17) is 16.3 Å². The second-order valence-electron chi connectivity index (χ2n) is 5.71. The van der Waals surface area contributed by atoms with Crippen LogP contribution in [0.5, 0.6) is 0 Å². The van der Waals surface area contributed by atoms with Crippen molar-refractivity contribution in [1.82, 2.24) is 10.3 Å². The number of halogens is 1. The molecule has 5 heteroatoms. The SMILES string of the molecule is COC1CCN(c2cc(CNC3CC3)c(Cl)cn2)CC1. The first kappa shape index (κ1) is 14.1. The van der Waals surface area contributed by atoms with E-state index in [0.29, 0.717) is 12.1 Å². The lowest BCUT2D eigenvalue weighted by Gasteiger charge is -2.32. The average Bonchev–Trinajstić information content (AvgIpc) is 3.31. The fourth-order valence-corrected chi connectivity index (χ4v) is 2.81. The van der Waals surface area contributed by atoms with Crippen molar-refractivity contribution in [2.75, 3.05) is 25.1 Å². The number of ether oxygens (including phenoxy) is 1. The van der Waals surface area contributed by atoms with Crippen LogP contribution in [0.25, 0.3) is 0 Å². The lowest BCUT2D eigenvalue weighted by Crippen LogP contribution is -2.37. The van der Waals surface area contributed by atoms with Crippen LogP contribution in [-0.2, 0) is 11.3 Å². The van der Waals surface area contributed by atoms with Crippen molar-refractivity contribution in [3.05, 3.63) is 22.8 Å². The molecule has 3 rings (SSSR count). The molecule has 0 amide bonds. The molecule has 1 aromatic rings. The summed E-state index contributed by atoms with van der Waals surface area (Å²) in [5, 5.41) is 4.27. The molecule has 2 fully saturated rings. The highest BCUT2D eigenvalue weighted by molar-refractivity contribution is 6.31. The Morgan fingerprint density at radius 3 is 2.75 bits per heavy atom. The van der Waals surface area contributed by atoms with Gasteiger partial charge in [0.1, 0.15) is 5.82 Å². The van der Waals surface area contributed by atoms with Crippen LogP contribution in [0.4, 0.5) is 5.82 Å². The lowest BCUT2D eigenvalue weighted by atomic mass is 10.1. The van der Waals surface area contributed by atoms with Gasteiger partial charge in [0.25, 0.3) is 0 Å². The highest BCUT2D eigenvalue weighted by Gasteiger charge is 2.22. The van der Waals surface area contributed by atoms with Crippen molar-refractivity contribution in [1.29, 1.82) is 0 Å². The van der Waals surface area contributed by atoms with E-state index in [2.05, 4.69) is 21.3 Å². The fourth-order valence-electron chi connectivity index (χ4n) is 2.64. The number of rotatable bonds is 5. The second-order valence-corrected chi connectivity index (χ2v) is 6.12. The summed E-state index contributed by atoms with van der Waals surface area (Å²) in [4.78, 5) is 6.81. The molecule has 1 N–H and O–H groups in total. The summed E-state index contributed by atoms with van der Waals surface area (Å²) in [6.45, 7) is 2.85. The van der Waals surface area contributed by atoms with Crippen LogP contribution >= 0.6 is 11.6 Å². The summed E-state index contributed by atoms with van der Waals surface area (Å²) >= 11 is 6.24. The number of nitrogens with one attached hydrogen (secondary N) is 1. The number of nitrogens with zero attached hydrogens (tertiary/aromatic N) is 2. The van der Waals surface area contributed by atoms with Crippen LogP contribution in [0.3, 0.4) is 0 Å². The maximum atomic E-state index is 6.24. The van der Waals surface area contributed by atoms with Gasteiger partial charge in [0.05, 0.1) is 11.1 Å². The van der Waals surface area contributed by atoms with Crippen LogP contribution in [0, 0.1) is 0 Å². The van der Waals surface area contributed by atoms with E-state index < -0.39 is 0 Å². The monoisotopic (exact) mass is 295 g/mol. The molecule has 1 saturated carbocycles. The van der Waals surface area contributed by atoms with Crippen LogP contribution < -0.4 is 10.2 Å². The molecule has 1 saturated heterocycles. The zero-order chi connectivity index (χ0) is 13.9. The first-order chi connectivity index (χ1) is 9.76. The van der Waals surface area contributed by atoms with Crippen molar-refractivity contribution in [2.45, 2.75) is 44.4 Å². The van der Waals surface area contributed by atoms with Gasteiger partial charge in [-0.1, -0.05) is 11.6 Å². The van der Waals surface area contributed by atoms with Gasteiger partial charge in [-0.15, -0.1) is 0 Å². The summed E-state index contributed by atoms with van der Waals surface area (Å²) < 4.78 is 5.41. The Kier molecular flexibility index (Phi) is 4.44. The Morgan fingerprint density at radius 2 is 2.10 bits per heavy atom. The van der Waals surface area contributed by atoms with E-state index in [1.54, 1.807) is 13.3 Å². The average molecular weight is 296 g/mol. The highest BCUT2D eigenvalue weighted by Crippen LogP contribution is 2.25. The number of aromatic nitrogens is 1. The van der Waals surface area contributed by atoms with Crippen molar-refractivity contribution < 1.29 is 4.74 Å². The van der Waals surface area contributed by atoms with Crippen molar-refractivity contribution in [2.24, 2.45) is 0 Å². The van der Waals surface area contributed by atoms with Crippen molar-refractivity contribution in [3.8, 4) is 0 Å². The standard InChI is InChI=1S/C15H22ClN3O/c1-20-13-4-6-19(7-5-13)15-8-11(14(16)10-18-15)9-17-12-2-3-12/h8,10,12-13,17H,2-7,9H2,1H3. The Balaban J connectivity index is 1.65. The zero-order valence-corrected chi connectivity index (χ0v) is 12.7. The Morgan fingerprint density at radius 1 is 1.35 bits per heavy atom. The van der Waals surface area contributed by atoms with Gasteiger partial charge in [-0.2, -0.15) is 0 Å².